The highest BCUT2D eigenvalue weighted by molar-refractivity contribution is 5.83. The van der Waals surface area contributed by atoms with Crippen molar-refractivity contribution in [1.82, 2.24) is 14.7 Å². The first kappa shape index (κ1) is 15.8. The maximum Gasteiger partial charge on any atom is 0.230 e. The summed E-state index contributed by atoms with van der Waals surface area (Å²) in [5.74, 6) is 0.908. The average molecular weight is 311 g/mol. The van der Waals surface area contributed by atoms with E-state index in [4.69, 9.17) is 0 Å². The van der Waals surface area contributed by atoms with E-state index in [0.29, 0.717) is 5.92 Å². The van der Waals surface area contributed by atoms with Crippen LogP contribution in [0.15, 0.2) is 48.8 Å². The predicted octanol–water partition coefficient (Wildman–Crippen LogP) is 3.32. The third-order valence-corrected chi connectivity index (χ3v) is 4.84. The molecule has 0 aliphatic carbocycles. The molecule has 4 nitrogen and oxygen atoms in total. The maximum atomic E-state index is 12.9. The van der Waals surface area contributed by atoms with Crippen molar-refractivity contribution in [2.45, 2.75) is 38.6 Å². The number of amides is 1. The molecule has 0 saturated carbocycles. The van der Waals surface area contributed by atoms with Gasteiger partial charge in [0.25, 0.3) is 0 Å². The number of aromatic nitrogens is 2. The van der Waals surface area contributed by atoms with Crippen molar-refractivity contribution < 1.29 is 4.79 Å². The summed E-state index contributed by atoms with van der Waals surface area (Å²) in [4.78, 5) is 14.9. The molecule has 23 heavy (non-hydrogen) atoms. The molecule has 122 valence electrons. The summed E-state index contributed by atoms with van der Waals surface area (Å²) in [6.45, 7) is 4.80. The van der Waals surface area contributed by atoms with Crippen molar-refractivity contribution in [2.24, 2.45) is 5.92 Å². The lowest BCUT2D eigenvalue weighted by Gasteiger charge is -2.34. The first-order valence-corrected chi connectivity index (χ1v) is 8.59. The van der Waals surface area contributed by atoms with Gasteiger partial charge in [-0.05, 0) is 36.8 Å². The fraction of sp³-hybridized carbons (Fsp3) is 0.474. The summed E-state index contributed by atoms with van der Waals surface area (Å²) in [5, 5.41) is 4.28. The van der Waals surface area contributed by atoms with E-state index in [2.05, 4.69) is 29.1 Å². The molecule has 3 rings (SSSR count). The van der Waals surface area contributed by atoms with Crippen LogP contribution in [-0.4, -0.2) is 33.7 Å². The number of piperidine rings is 1. The van der Waals surface area contributed by atoms with Gasteiger partial charge in [-0.2, -0.15) is 5.10 Å². The van der Waals surface area contributed by atoms with Gasteiger partial charge >= 0.3 is 0 Å². The highest BCUT2D eigenvalue weighted by atomic mass is 16.2. The normalized spacial score (nSPS) is 17.2. The van der Waals surface area contributed by atoms with Crippen LogP contribution in [-0.2, 0) is 11.3 Å². The number of carbonyl (C=O) groups excluding carboxylic acids is 1. The van der Waals surface area contributed by atoms with E-state index < -0.39 is 0 Å². The summed E-state index contributed by atoms with van der Waals surface area (Å²) in [7, 11) is 0. The minimum absolute atomic E-state index is 0.00105. The van der Waals surface area contributed by atoms with Crippen molar-refractivity contribution in [2.75, 3.05) is 13.1 Å². The van der Waals surface area contributed by atoms with Gasteiger partial charge in [-0.25, -0.2) is 0 Å². The highest BCUT2D eigenvalue weighted by Gasteiger charge is 2.28. The topological polar surface area (TPSA) is 38.1 Å². The molecule has 1 fully saturated rings. The Labute approximate surface area is 138 Å². The second-order valence-electron chi connectivity index (χ2n) is 6.37. The Morgan fingerprint density at radius 1 is 1.22 bits per heavy atom. The van der Waals surface area contributed by atoms with E-state index in [1.807, 2.05) is 41.3 Å². The van der Waals surface area contributed by atoms with Crippen molar-refractivity contribution in [3.8, 4) is 0 Å². The first-order chi connectivity index (χ1) is 11.3. The number of nitrogens with zero attached hydrogens (tertiary/aromatic N) is 3. The van der Waals surface area contributed by atoms with Crippen molar-refractivity contribution in [3.63, 3.8) is 0 Å². The van der Waals surface area contributed by atoms with Gasteiger partial charge in [0, 0.05) is 32.0 Å². The zero-order chi connectivity index (χ0) is 16.1. The Morgan fingerprint density at radius 2 is 1.96 bits per heavy atom. The second kappa shape index (κ2) is 7.44. The Kier molecular flexibility index (Phi) is 5.11. The first-order valence-electron chi connectivity index (χ1n) is 8.59. The molecule has 2 heterocycles. The van der Waals surface area contributed by atoms with Crippen LogP contribution in [0.4, 0.5) is 0 Å². The Balaban J connectivity index is 1.57. The molecule has 1 aromatic carbocycles. The molecule has 0 radical (unpaired) electrons. The van der Waals surface area contributed by atoms with E-state index in [0.717, 1.165) is 44.5 Å². The van der Waals surface area contributed by atoms with Crippen LogP contribution in [0.5, 0.6) is 0 Å². The van der Waals surface area contributed by atoms with Crippen LogP contribution in [0.1, 0.15) is 37.7 Å². The number of hydrogen-bond donors (Lipinski definition) is 0. The molecule has 0 spiro atoms. The minimum Gasteiger partial charge on any atom is -0.342 e. The minimum atomic E-state index is -0.00105. The molecule has 1 amide bonds. The molecule has 0 N–H and O–H groups in total. The summed E-state index contributed by atoms with van der Waals surface area (Å²) in [6.07, 6.45) is 6.83. The fourth-order valence-corrected chi connectivity index (χ4v) is 3.47. The summed E-state index contributed by atoms with van der Waals surface area (Å²) >= 11 is 0. The van der Waals surface area contributed by atoms with E-state index >= 15 is 0 Å². The molecule has 1 aliphatic rings. The molecule has 1 unspecified atom stereocenters. The monoisotopic (exact) mass is 311 g/mol. The largest absolute Gasteiger partial charge is 0.342 e. The summed E-state index contributed by atoms with van der Waals surface area (Å²) < 4.78 is 2.00. The van der Waals surface area contributed by atoms with Gasteiger partial charge in [0.05, 0.1) is 5.92 Å². The van der Waals surface area contributed by atoms with Crippen molar-refractivity contribution >= 4 is 5.91 Å². The Morgan fingerprint density at radius 3 is 2.57 bits per heavy atom. The van der Waals surface area contributed by atoms with Crippen molar-refractivity contribution in [3.05, 3.63) is 54.4 Å². The van der Waals surface area contributed by atoms with Crippen molar-refractivity contribution in [1.29, 1.82) is 0 Å². The van der Waals surface area contributed by atoms with Gasteiger partial charge < -0.3 is 4.90 Å². The number of likely N-dealkylation sites (tertiary alicyclic amines) is 1. The number of rotatable bonds is 5. The van der Waals surface area contributed by atoms with E-state index in [1.165, 1.54) is 0 Å². The Hall–Kier alpha value is -2.10. The van der Waals surface area contributed by atoms with Crippen LogP contribution >= 0.6 is 0 Å². The zero-order valence-electron chi connectivity index (χ0n) is 13.8. The average Bonchev–Trinajstić information content (AvgIpc) is 3.10. The molecule has 4 heteroatoms. The lowest BCUT2D eigenvalue weighted by atomic mass is 9.92. The quantitative estimate of drug-likeness (QED) is 0.849. The van der Waals surface area contributed by atoms with Crippen LogP contribution in [0, 0.1) is 5.92 Å². The lowest BCUT2D eigenvalue weighted by Crippen LogP contribution is -2.41. The molecule has 0 bridgehead atoms. The van der Waals surface area contributed by atoms with Gasteiger partial charge in [0.15, 0.2) is 0 Å². The summed E-state index contributed by atoms with van der Waals surface area (Å²) in [5.41, 5.74) is 1.14. The number of carbonyl (C=O) groups is 1. The van der Waals surface area contributed by atoms with Crippen LogP contribution < -0.4 is 0 Å². The second-order valence-corrected chi connectivity index (χ2v) is 6.37. The molecular formula is C19H25N3O. The third kappa shape index (κ3) is 3.81. The number of benzene rings is 1. The molecule has 1 atom stereocenters. The predicted molar refractivity (Wildman–Crippen MR) is 91.0 cm³/mol. The van der Waals surface area contributed by atoms with Crippen LogP contribution in [0.3, 0.4) is 0 Å². The maximum absolute atomic E-state index is 12.9. The van der Waals surface area contributed by atoms with Gasteiger partial charge in [-0.15, -0.1) is 0 Å². The van der Waals surface area contributed by atoms with E-state index in [1.54, 1.807) is 0 Å². The van der Waals surface area contributed by atoms with Gasteiger partial charge in [-0.1, -0.05) is 37.3 Å². The zero-order valence-corrected chi connectivity index (χ0v) is 13.8. The van der Waals surface area contributed by atoms with Gasteiger partial charge in [-0.3, -0.25) is 9.48 Å². The standard InChI is InChI=1S/C19H25N3O/c1-2-18(17-7-4-3-5-8-17)19(23)21-13-9-16(10-14-21)15-22-12-6-11-20-22/h3-8,11-12,16,18H,2,9-10,13-15H2,1H3. The molecular weight excluding hydrogens is 286 g/mol. The smallest absolute Gasteiger partial charge is 0.230 e. The highest BCUT2D eigenvalue weighted by Crippen LogP contribution is 2.26. The Bertz CT molecular complexity index is 601. The number of hydrogen-bond acceptors (Lipinski definition) is 2. The van der Waals surface area contributed by atoms with Gasteiger partial charge in [0.2, 0.25) is 5.91 Å². The molecule has 1 saturated heterocycles. The SMILES string of the molecule is CCC(C(=O)N1CCC(Cn2cccn2)CC1)c1ccccc1. The fourth-order valence-electron chi connectivity index (χ4n) is 3.47. The van der Waals surface area contributed by atoms with Crippen LogP contribution in [0.2, 0.25) is 0 Å². The molecule has 1 aliphatic heterocycles. The molecule has 2 aromatic rings. The molecule has 1 aromatic heterocycles. The lowest BCUT2D eigenvalue weighted by molar-refractivity contribution is -0.134. The van der Waals surface area contributed by atoms with E-state index in [9.17, 15) is 4.79 Å². The van der Waals surface area contributed by atoms with Crippen LogP contribution in [0.25, 0.3) is 0 Å². The third-order valence-electron chi connectivity index (χ3n) is 4.84. The summed E-state index contributed by atoms with van der Waals surface area (Å²) in [6, 6.07) is 12.1. The van der Waals surface area contributed by atoms with Gasteiger partial charge in [0.1, 0.15) is 0 Å². The van der Waals surface area contributed by atoms with E-state index in [-0.39, 0.29) is 11.8 Å².